The number of benzene rings is 6. The molecule has 4 aromatic heterocycles. The first-order valence-corrected chi connectivity index (χ1v) is 23.1. The minimum Gasteiger partial charge on any atom is -0.253 e. The molecule has 10 aromatic rings. The van der Waals surface area contributed by atoms with Crippen molar-refractivity contribution in [1.82, 2.24) is 19.9 Å². The summed E-state index contributed by atoms with van der Waals surface area (Å²) in [5.74, 6) is 4.96. The van der Waals surface area contributed by atoms with Crippen molar-refractivity contribution >= 4 is 63.0 Å². The maximum atomic E-state index is 5.37. The fourth-order valence-corrected chi connectivity index (χ4v) is 14.9. The number of hydrogen-bond donors (Lipinski definition) is 0. The van der Waals surface area contributed by atoms with Crippen LogP contribution in [0.5, 0.6) is 0 Å². The molecular weight excluding hydrogens is 769 g/mol. The third-order valence-corrected chi connectivity index (χ3v) is 17.2. The predicted octanol–water partition coefficient (Wildman–Crippen LogP) is 14.4. The average molecular weight is 807 g/mol. The van der Waals surface area contributed by atoms with Crippen molar-refractivity contribution in [3.63, 3.8) is 0 Å². The van der Waals surface area contributed by atoms with Crippen LogP contribution in [0, 0.1) is 23.7 Å². The first kappa shape index (κ1) is 33.7. The molecule has 0 N–H and O–H groups in total. The van der Waals surface area contributed by atoms with E-state index >= 15 is 0 Å². The van der Waals surface area contributed by atoms with E-state index in [2.05, 4.69) is 121 Å². The highest BCUT2D eigenvalue weighted by atomic mass is 32.1. The molecule has 0 atom stereocenters. The molecule has 5 aliphatic carbocycles. The first-order chi connectivity index (χ1) is 29.7. The lowest BCUT2D eigenvalue weighted by Gasteiger charge is -2.61. The molecule has 0 radical (unpaired) electrons. The molecule has 15 rings (SSSR count). The number of pyridine rings is 1. The molecule has 0 amide bonds. The standard InChI is InChI=1S/C54H38N4S2/c1-4-14-48-39(8-1)41-10-7-11-42(50(41)60-48)52-56-51(57-53(58-52)46-12-5-6-21-55-46)34-16-19-38-37-18-15-33(32-17-20-49-43(27-32)40-9-2-3-13-47(40)59-49)28-44(37)54(45(38)29-34)35-23-30-22-31(25-35)26-36(54)24-30/h1-21,27-31,35-36H,22-26H2. The molecule has 6 heteroatoms. The molecule has 0 saturated heterocycles. The van der Waals surface area contributed by atoms with E-state index in [9.17, 15) is 0 Å². The lowest BCUT2D eigenvalue weighted by Crippen LogP contribution is -2.55. The van der Waals surface area contributed by atoms with Gasteiger partial charge in [0.2, 0.25) is 0 Å². The van der Waals surface area contributed by atoms with Gasteiger partial charge in [-0.25, -0.2) is 15.0 Å². The zero-order valence-corrected chi connectivity index (χ0v) is 34.4. The van der Waals surface area contributed by atoms with Gasteiger partial charge in [-0.15, -0.1) is 22.7 Å². The predicted molar refractivity (Wildman–Crippen MR) is 248 cm³/mol. The van der Waals surface area contributed by atoms with E-state index in [0.717, 1.165) is 28.7 Å². The second-order valence-corrected chi connectivity index (χ2v) is 19.9. The minimum atomic E-state index is -0.0222. The van der Waals surface area contributed by atoms with Crippen LogP contribution in [0.25, 0.3) is 96.9 Å². The van der Waals surface area contributed by atoms with Crippen LogP contribution in [0.4, 0.5) is 0 Å². The Morgan fingerprint density at radius 2 is 1.03 bits per heavy atom. The lowest BCUT2D eigenvalue weighted by atomic mass is 9.43. The summed E-state index contributed by atoms with van der Waals surface area (Å²) in [7, 11) is 0. The van der Waals surface area contributed by atoms with Crippen molar-refractivity contribution in [2.75, 3.05) is 0 Å². The molecule has 0 unspecified atom stereocenters. The van der Waals surface area contributed by atoms with Crippen LogP contribution in [0.2, 0.25) is 0 Å². The van der Waals surface area contributed by atoms with Gasteiger partial charge in [-0.1, -0.05) is 84.9 Å². The van der Waals surface area contributed by atoms with Gasteiger partial charge in [0.25, 0.3) is 0 Å². The van der Waals surface area contributed by atoms with Crippen molar-refractivity contribution in [2.24, 2.45) is 23.7 Å². The summed E-state index contributed by atoms with van der Waals surface area (Å²) < 4.78 is 5.17. The minimum absolute atomic E-state index is 0.0222. The normalized spacial score (nSPS) is 22.4. The molecule has 0 aliphatic heterocycles. The van der Waals surface area contributed by atoms with Crippen molar-refractivity contribution in [2.45, 2.75) is 37.5 Å². The first-order valence-electron chi connectivity index (χ1n) is 21.5. The molecule has 5 aliphatic rings. The van der Waals surface area contributed by atoms with Crippen molar-refractivity contribution in [1.29, 1.82) is 0 Å². The zero-order chi connectivity index (χ0) is 39.1. The molecule has 1 spiro atoms. The van der Waals surface area contributed by atoms with Crippen molar-refractivity contribution < 1.29 is 0 Å². The quantitative estimate of drug-likeness (QED) is 0.178. The van der Waals surface area contributed by atoms with Gasteiger partial charge in [0.15, 0.2) is 17.5 Å². The Kier molecular flexibility index (Phi) is 7.01. The average Bonchev–Trinajstić information content (AvgIpc) is 3.96. The Morgan fingerprint density at radius 1 is 0.433 bits per heavy atom. The Bertz CT molecular complexity index is 3390. The molecule has 286 valence electrons. The lowest BCUT2D eigenvalue weighted by molar-refractivity contribution is -0.0399. The maximum Gasteiger partial charge on any atom is 0.182 e. The maximum absolute atomic E-state index is 5.37. The van der Waals surface area contributed by atoms with Gasteiger partial charge in [0, 0.05) is 63.1 Å². The van der Waals surface area contributed by atoms with Gasteiger partial charge in [0.1, 0.15) is 5.69 Å². The van der Waals surface area contributed by atoms with E-state index in [1.165, 1.54) is 100 Å². The van der Waals surface area contributed by atoms with E-state index in [1.54, 1.807) is 5.56 Å². The zero-order valence-electron chi connectivity index (χ0n) is 32.8. The third kappa shape index (κ3) is 4.72. The van der Waals surface area contributed by atoms with Gasteiger partial charge in [-0.3, -0.25) is 4.98 Å². The molecule has 6 aromatic carbocycles. The molecule has 60 heavy (non-hydrogen) atoms. The highest BCUT2D eigenvalue weighted by molar-refractivity contribution is 7.26. The van der Waals surface area contributed by atoms with Crippen LogP contribution in [-0.2, 0) is 5.41 Å². The largest absolute Gasteiger partial charge is 0.253 e. The number of hydrogen-bond acceptors (Lipinski definition) is 6. The number of rotatable bonds is 4. The Balaban J connectivity index is 0.958. The number of fused-ring (bicyclic) bond motifs is 9. The van der Waals surface area contributed by atoms with Crippen LogP contribution in [-0.4, -0.2) is 19.9 Å². The summed E-state index contributed by atoms with van der Waals surface area (Å²) in [5.41, 5.74) is 11.3. The molecule has 4 bridgehead atoms. The van der Waals surface area contributed by atoms with E-state index < -0.39 is 0 Å². The second-order valence-electron chi connectivity index (χ2n) is 17.8. The highest BCUT2D eigenvalue weighted by Crippen LogP contribution is 2.69. The van der Waals surface area contributed by atoms with Crippen LogP contribution < -0.4 is 0 Å². The molecule has 4 saturated carbocycles. The molecular formula is C54H38N4S2. The summed E-state index contributed by atoms with van der Waals surface area (Å²) in [4.78, 5) is 20.5. The topological polar surface area (TPSA) is 51.6 Å². The van der Waals surface area contributed by atoms with E-state index in [0.29, 0.717) is 29.3 Å². The smallest absolute Gasteiger partial charge is 0.182 e. The van der Waals surface area contributed by atoms with Crippen molar-refractivity contribution in [3.05, 3.63) is 157 Å². The van der Waals surface area contributed by atoms with Gasteiger partial charge < -0.3 is 0 Å². The fraction of sp³-hybridized carbons (Fsp3) is 0.185. The monoisotopic (exact) mass is 806 g/mol. The molecule has 4 fully saturated rings. The van der Waals surface area contributed by atoms with Crippen LogP contribution in [0.1, 0.15) is 43.2 Å². The van der Waals surface area contributed by atoms with Gasteiger partial charge in [-0.05, 0) is 144 Å². The van der Waals surface area contributed by atoms with E-state index in [-0.39, 0.29) is 5.41 Å². The van der Waals surface area contributed by atoms with Gasteiger partial charge in [0.05, 0.1) is 0 Å². The highest BCUT2D eigenvalue weighted by Gasteiger charge is 2.61. The van der Waals surface area contributed by atoms with Crippen LogP contribution in [0.15, 0.2) is 146 Å². The summed E-state index contributed by atoms with van der Waals surface area (Å²) in [6, 6.07) is 51.7. The Labute approximate surface area is 355 Å². The van der Waals surface area contributed by atoms with Crippen LogP contribution >= 0.6 is 22.7 Å². The van der Waals surface area contributed by atoms with Crippen molar-refractivity contribution in [3.8, 4) is 56.5 Å². The van der Waals surface area contributed by atoms with Crippen LogP contribution in [0.3, 0.4) is 0 Å². The number of nitrogens with zero attached hydrogens (tertiary/aromatic N) is 4. The van der Waals surface area contributed by atoms with Gasteiger partial charge >= 0.3 is 0 Å². The van der Waals surface area contributed by atoms with E-state index in [1.807, 2.05) is 47.1 Å². The summed E-state index contributed by atoms with van der Waals surface area (Å²) in [6.45, 7) is 0. The van der Waals surface area contributed by atoms with E-state index in [4.69, 9.17) is 19.9 Å². The molecule has 4 heterocycles. The Morgan fingerprint density at radius 3 is 1.80 bits per heavy atom. The fourth-order valence-electron chi connectivity index (χ4n) is 12.6. The summed E-state index contributed by atoms with van der Waals surface area (Å²) in [6.07, 6.45) is 8.55. The second kappa shape index (κ2) is 12.5. The number of thiophene rings is 2. The third-order valence-electron chi connectivity index (χ3n) is 14.8. The summed E-state index contributed by atoms with van der Waals surface area (Å²) >= 11 is 3.70. The SMILES string of the molecule is c1ccc(-c2nc(-c3ccc4c(c3)C3(c5cc(-c6ccc7sc8ccccc8c7c6)ccc5-4)C4CC5CC(C4)CC3C5)nc(-c3cccc4c3sc3ccccc34)n2)nc1. The Hall–Kier alpha value is -6.08. The molecule has 4 nitrogen and oxygen atoms in total. The van der Waals surface area contributed by atoms with Gasteiger partial charge in [-0.2, -0.15) is 0 Å². The summed E-state index contributed by atoms with van der Waals surface area (Å²) in [5, 5.41) is 5.21. The number of aromatic nitrogens is 4.